The summed E-state index contributed by atoms with van der Waals surface area (Å²) in [6.45, 7) is 7.81. The minimum atomic E-state index is 0.0510. The molecular formula is C14H20BrN3O2S. The fourth-order valence-corrected chi connectivity index (χ4v) is 3.79. The number of likely N-dealkylation sites (N-methyl/N-ethyl adjacent to an activating group) is 1. The Morgan fingerprint density at radius 2 is 2.00 bits per heavy atom. The number of carbonyl (C=O) groups excluding carboxylic acids is 2. The van der Waals surface area contributed by atoms with E-state index in [2.05, 4.69) is 26.1 Å². The number of amides is 2. The molecule has 1 aliphatic rings. The number of carbonyl (C=O) groups is 2. The number of nitrogens with one attached hydrogen (secondary N) is 1. The number of hydrogen-bond donors (Lipinski definition) is 1. The van der Waals surface area contributed by atoms with Crippen LogP contribution in [0.5, 0.6) is 0 Å². The van der Waals surface area contributed by atoms with Gasteiger partial charge in [0.25, 0.3) is 5.91 Å². The zero-order valence-electron chi connectivity index (χ0n) is 12.3. The fraction of sp³-hybridized carbons (Fsp3) is 0.571. The molecule has 0 radical (unpaired) electrons. The van der Waals surface area contributed by atoms with E-state index in [1.807, 2.05) is 24.8 Å². The van der Waals surface area contributed by atoms with Gasteiger partial charge in [0.05, 0.1) is 15.2 Å². The molecule has 0 spiro atoms. The average Bonchev–Trinajstić information content (AvgIpc) is 2.79. The van der Waals surface area contributed by atoms with Gasteiger partial charge in [-0.2, -0.15) is 0 Å². The third kappa shape index (κ3) is 4.28. The number of thiophene rings is 1. The molecule has 0 bridgehead atoms. The van der Waals surface area contributed by atoms with E-state index in [4.69, 9.17) is 0 Å². The molecule has 116 valence electrons. The van der Waals surface area contributed by atoms with Crippen LogP contribution in [0.2, 0.25) is 0 Å². The van der Waals surface area contributed by atoms with Crippen molar-refractivity contribution in [3.63, 3.8) is 0 Å². The zero-order chi connectivity index (χ0) is 15.4. The van der Waals surface area contributed by atoms with Crippen LogP contribution in [-0.4, -0.2) is 60.9 Å². The Hall–Kier alpha value is -0.920. The molecule has 0 unspecified atom stereocenters. The van der Waals surface area contributed by atoms with E-state index in [9.17, 15) is 9.59 Å². The molecule has 1 aromatic heterocycles. The predicted molar refractivity (Wildman–Crippen MR) is 87.8 cm³/mol. The standard InChI is InChI=1S/C14H20BrN3O2S/c1-3-16-12(19)9-17-4-6-18(7-5-17)14(20)11-8-10(2)13(15)21-11/h8H,3-7,9H2,1-2H3,(H,16,19). The second-order valence-electron chi connectivity index (χ2n) is 5.09. The summed E-state index contributed by atoms with van der Waals surface area (Å²) in [6.07, 6.45) is 0. The highest BCUT2D eigenvalue weighted by Gasteiger charge is 2.24. The Labute approximate surface area is 137 Å². The average molecular weight is 374 g/mol. The smallest absolute Gasteiger partial charge is 0.264 e. The van der Waals surface area contributed by atoms with Crippen LogP contribution >= 0.6 is 27.3 Å². The van der Waals surface area contributed by atoms with Crippen LogP contribution in [0.1, 0.15) is 22.2 Å². The lowest BCUT2D eigenvalue weighted by Crippen LogP contribution is -2.51. The van der Waals surface area contributed by atoms with Crippen LogP contribution in [0.15, 0.2) is 9.85 Å². The SMILES string of the molecule is CCNC(=O)CN1CCN(C(=O)c2cc(C)c(Br)s2)CC1. The van der Waals surface area contributed by atoms with Gasteiger partial charge >= 0.3 is 0 Å². The topological polar surface area (TPSA) is 52.7 Å². The van der Waals surface area contributed by atoms with Gasteiger partial charge in [-0.1, -0.05) is 0 Å². The Morgan fingerprint density at radius 1 is 1.33 bits per heavy atom. The first kappa shape index (κ1) is 16.5. The minimum Gasteiger partial charge on any atom is -0.355 e. The summed E-state index contributed by atoms with van der Waals surface area (Å²) >= 11 is 4.94. The quantitative estimate of drug-likeness (QED) is 0.873. The predicted octanol–water partition coefficient (Wildman–Crippen LogP) is 1.71. The number of hydrogen-bond acceptors (Lipinski definition) is 4. The first-order chi connectivity index (χ1) is 10.0. The van der Waals surface area contributed by atoms with Gasteiger partial charge in [-0.05, 0) is 41.4 Å². The number of aryl methyl sites for hydroxylation is 1. The molecule has 1 aromatic rings. The van der Waals surface area contributed by atoms with Crippen molar-refractivity contribution in [3.8, 4) is 0 Å². The summed E-state index contributed by atoms with van der Waals surface area (Å²) in [4.78, 5) is 28.7. The number of nitrogens with zero attached hydrogens (tertiary/aromatic N) is 2. The van der Waals surface area contributed by atoms with E-state index < -0.39 is 0 Å². The summed E-state index contributed by atoms with van der Waals surface area (Å²) in [6, 6.07) is 1.93. The molecule has 2 amide bonds. The molecule has 2 rings (SSSR count). The lowest BCUT2D eigenvalue weighted by atomic mass is 10.2. The summed E-state index contributed by atoms with van der Waals surface area (Å²) in [7, 11) is 0. The van der Waals surface area contributed by atoms with Gasteiger partial charge in [0.2, 0.25) is 5.91 Å². The molecule has 7 heteroatoms. The van der Waals surface area contributed by atoms with Crippen LogP contribution in [0.25, 0.3) is 0 Å². The molecule has 1 fully saturated rings. The first-order valence-corrected chi connectivity index (χ1v) is 8.66. The van der Waals surface area contributed by atoms with Crippen LogP contribution in [-0.2, 0) is 4.79 Å². The number of piperazine rings is 1. The van der Waals surface area contributed by atoms with E-state index in [1.165, 1.54) is 11.3 Å². The van der Waals surface area contributed by atoms with Gasteiger partial charge in [-0.15, -0.1) is 11.3 Å². The molecular weight excluding hydrogens is 354 g/mol. The van der Waals surface area contributed by atoms with Crippen molar-refractivity contribution >= 4 is 39.1 Å². The molecule has 0 aromatic carbocycles. The van der Waals surface area contributed by atoms with Crippen molar-refractivity contribution in [2.24, 2.45) is 0 Å². The van der Waals surface area contributed by atoms with E-state index >= 15 is 0 Å². The third-order valence-electron chi connectivity index (χ3n) is 3.47. The second-order valence-corrected chi connectivity index (χ2v) is 7.46. The normalized spacial score (nSPS) is 16.0. The summed E-state index contributed by atoms with van der Waals surface area (Å²) in [5.74, 6) is 0.140. The van der Waals surface area contributed by atoms with Crippen LogP contribution < -0.4 is 5.32 Å². The van der Waals surface area contributed by atoms with E-state index in [0.717, 1.165) is 27.3 Å². The van der Waals surface area contributed by atoms with E-state index in [1.54, 1.807) is 0 Å². The largest absolute Gasteiger partial charge is 0.355 e. The van der Waals surface area contributed by atoms with Crippen molar-refractivity contribution in [2.75, 3.05) is 39.3 Å². The maximum Gasteiger partial charge on any atom is 0.264 e. The highest BCUT2D eigenvalue weighted by Crippen LogP contribution is 2.28. The maximum atomic E-state index is 12.4. The van der Waals surface area contributed by atoms with Gasteiger partial charge in [0, 0.05) is 32.7 Å². The Balaban J connectivity index is 1.86. The van der Waals surface area contributed by atoms with Crippen LogP contribution in [0.4, 0.5) is 0 Å². The third-order valence-corrected chi connectivity index (χ3v) is 5.59. The van der Waals surface area contributed by atoms with Crippen molar-refractivity contribution in [2.45, 2.75) is 13.8 Å². The van der Waals surface area contributed by atoms with Crippen LogP contribution in [0, 0.1) is 6.92 Å². The van der Waals surface area contributed by atoms with Gasteiger partial charge < -0.3 is 10.2 Å². The van der Waals surface area contributed by atoms with E-state index in [-0.39, 0.29) is 11.8 Å². The highest BCUT2D eigenvalue weighted by atomic mass is 79.9. The molecule has 1 aliphatic heterocycles. The molecule has 1 N–H and O–H groups in total. The first-order valence-electron chi connectivity index (χ1n) is 7.05. The molecule has 0 atom stereocenters. The molecule has 2 heterocycles. The molecule has 0 aliphatic carbocycles. The monoisotopic (exact) mass is 373 g/mol. The summed E-state index contributed by atoms with van der Waals surface area (Å²) < 4.78 is 1.01. The van der Waals surface area contributed by atoms with Crippen LogP contribution in [0.3, 0.4) is 0 Å². The lowest BCUT2D eigenvalue weighted by Gasteiger charge is -2.34. The van der Waals surface area contributed by atoms with Crippen molar-refractivity contribution in [3.05, 3.63) is 20.3 Å². The Morgan fingerprint density at radius 3 is 2.52 bits per heavy atom. The molecule has 1 saturated heterocycles. The van der Waals surface area contributed by atoms with Crippen molar-refractivity contribution < 1.29 is 9.59 Å². The molecule has 21 heavy (non-hydrogen) atoms. The Bertz CT molecular complexity index is 505. The minimum absolute atomic E-state index is 0.0510. The lowest BCUT2D eigenvalue weighted by molar-refractivity contribution is -0.122. The maximum absolute atomic E-state index is 12.4. The molecule has 5 nitrogen and oxygen atoms in total. The van der Waals surface area contributed by atoms with Gasteiger partial charge in [0.15, 0.2) is 0 Å². The van der Waals surface area contributed by atoms with Crippen molar-refractivity contribution in [1.29, 1.82) is 0 Å². The zero-order valence-corrected chi connectivity index (χ0v) is 14.7. The van der Waals surface area contributed by atoms with Crippen molar-refractivity contribution in [1.82, 2.24) is 15.1 Å². The van der Waals surface area contributed by atoms with Gasteiger partial charge in [-0.3, -0.25) is 14.5 Å². The van der Waals surface area contributed by atoms with Gasteiger partial charge in [-0.25, -0.2) is 0 Å². The number of halogens is 1. The molecule has 0 saturated carbocycles. The highest BCUT2D eigenvalue weighted by molar-refractivity contribution is 9.11. The summed E-state index contributed by atoms with van der Waals surface area (Å²) in [5, 5.41) is 2.80. The Kier molecular flexibility index (Phi) is 5.78. The second kappa shape index (κ2) is 7.38. The fourth-order valence-electron chi connectivity index (χ4n) is 2.29. The van der Waals surface area contributed by atoms with Gasteiger partial charge in [0.1, 0.15) is 0 Å². The van der Waals surface area contributed by atoms with E-state index in [0.29, 0.717) is 26.2 Å². The number of rotatable bonds is 4. The summed E-state index contributed by atoms with van der Waals surface area (Å²) in [5.41, 5.74) is 1.10.